The summed E-state index contributed by atoms with van der Waals surface area (Å²) < 4.78 is 27.3. The van der Waals surface area contributed by atoms with Gasteiger partial charge < -0.3 is 5.11 Å². The second kappa shape index (κ2) is 3.71. The Morgan fingerprint density at radius 3 is 1.74 bits per heavy atom. The van der Waals surface area contributed by atoms with Crippen molar-refractivity contribution in [3.63, 3.8) is 0 Å². The third kappa shape index (κ3) is 1.63. The van der Waals surface area contributed by atoms with Crippen molar-refractivity contribution in [3.05, 3.63) is 29.3 Å². The molecule has 0 heterocycles. The number of hydrogen-bond donors (Lipinski definition) is 1. The predicted molar refractivity (Wildman–Crippen MR) is 67.9 cm³/mol. The van der Waals surface area contributed by atoms with Gasteiger partial charge in [-0.2, -0.15) is 0 Å². The first-order chi connectivity index (χ1) is 9.06. The highest BCUT2D eigenvalue weighted by molar-refractivity contribution is 5.36. The summed E-state index contributed by atoms with van der Waals surface area (Å²) in [6.07, 6.45) is 7.14. The topological polar surface area (TPSA) is 20.2 Å². The fourth-order valence-corrected chi connectivity index (χ4v) is 5.34. The van der Waals surface area contributed by atoms with Gasteiger partial charge in [0, 0.05) is 0 Å². The van der Waals surface area contributed by atoms with E-state index in [1.54, 1.807) is 0 Å². The van der Waals surface area contributed by atoms with E-state index in [9.17, 15) is 13.9 Å². The Morgan fingerprint density at radius 2 is 1.32 bits per heavy atom. The lowest BCUT2D eigenvalue weighted by molar-refractivity contribution is -0.00548. The van der Waals surface area contributed by atoms with Crippen molar-refractivity contribution in [2.45, 2.75) is 43.9 Å². The van der Waals surface area contributed by atoms with E-state index >= 15 is 0 Å². The largest absolute Gasteiger partial charge is 0.503 e. The molecule has 1 N–H and O–H groups in total. The predicted octanol–water partition coefficient (Wildman–Crippen LogP) is 4.14. The molecule has 0 aromatic heterocycles. The van der Waals surface area contributed by atoms with Gasteiger partial charge in [0.15, 0.2) is 17.4 Å². The fraction of sp³-hybridized carbons (Fsp3) is 0.625. The van der Waals surface area contributed by atoms with Gasteiger partial charge >= 0.3 is 0 Å². The summed E-state index contributed by atoms with van der Waals surface area (Å²) in [7, 11) is 0. The number of aromatic hydroxyl groups is 1. The molecule has 4 saturated carbocycles. The zero-order chi connectivity index (χ0) is 13.2. The summed E-state index contributed by atoms with van der Waals surface area (Å²) in [6.45, 7) is 0. The van der Waals surface area contributed by atoms with Gasteiger partial charge in [-0.1, -0.05) is 0 Å². The van der Waals surface area contributed by atoms with Gasteiger partial charge in [-0.05, 0) is 79.4 Å². The molecule has 0 amide bonds. The molecular formula is C16H18F2O. The van der Waals surface area contributed by atoms with Crippen LogP contribution < -0.4 is 0 Å². The lowest BCUT2D eigenvalue weighted by Gasteiger charge is -2.57. The van der Waals surface area contributed by atoms with Crippen LogP contribution in [0.3, 0.4) is 0 Å². The summed E-state index contributed by atoms with van der Waals surface area (Å²) in [4.78, 5) is 0. The third-order valence-corrected chi connectivity index (χ3v) is 5.67. The van der Waals surface area contributed by atoms with Crippen LogP contribution in [-0.2, 0) is 5.41 Å². The van der Waals surface area contributed by atoms with E-state index in [1.165, 1.54) is 31.4 Å². The number of benzene rings is 1. The molecule has 0 unspecified atom stereocenters. The maximum Gasteiger partial charge on any atom is 0.187 e. The van der Waals surface area contributed by atoms with Crippen LogP contribution in [0.1, 0.15) is 44.1 Å². The quantitative estimate of drug-likeness (QED) is 0.808. The zero-order valence-corrected chi connectivity index (χ0v) is 10.8. The Morgan fingerprint density at radius 1 is 0.895 bits per heavy atom. The van der Waals surface area contributed by atoms with Crippen LogP contribution in [0.5, 0.6) is 5.75 Å². The van der Waals surface area contributed by atoms with Gasteiger partial charge in [-0.15, -0.1) is 0 Å². The maximum atomic E-state index is 13.6. The van der Waals surface area contributed by atoms with Crippen LogP contribution in [0.25, 0.3) is 0 Å². The minimum Gasteiger partial charge on any atom is -0.503 e. The number of phenolic OH excluding ortho intramolecular Hbond substituents is 1. The molecule has 4 aliphatic carbocycles. The number of rotatable bonds is 1. The van der Waals surface area contributed by atoms with Crippen LogP contribution in [-0.4, -0.2) is 5.11 Å². The fourth-order valence-electron chi connectivity index (χ4n) is 5.34. The molecule has 19 heavy (non-hydrogen) atoms. The van der Waals surface area contributed by atoms with E-state index in [-0.39, 0.29) is 5.41 Å². The van der Waals surface area contributed by atoms with Crippen molar-refractivity contribution in [2.24, 2.45) is 17.8 Å². The normalized spacial score (nSPS) is 39.8. The Kier molecular flexibility index (Phi) is 2.28. The number of hydrogen-bond acceptors (Lipinski definition) is 1. The molecule has 0 atom stereocenters. The van der Waals surface area contributed by atoms with Gasteiger partial charge in [-0.25, -0.2) is 8.78 Å². The lowest BCUT2D eigenvalue weighted by atomic mass is 9.48. The molecule has 0 aliphatic heterocycles. The highest BCUT2D eigenvalue weighted by atomic mass is 19.1. The minimum absolute atomic E-state index is 0.0237. The van der Waals surface area contributed by atoms with E-state index < -0.39 is 17.4 Å². The summed E-state index contributed by atoms with van der Waals surface area (Å²) in [5, 5.41) is 9.26. The van der Waals surface area contributed by atoms with E-state index in [0.717, 1.165) is 42.6 Å². The van der Waals surface area contributed by atoms with Crippen molar-refractivity contribution in [3.8, 4) is 5.75 Å². The average Bonchev–Trinajstić information content (AvgIpc) is 2.33. The van der Waals surface area contributed by atoms with Crippen molar-refractivity contribution in [2.75, 3.05) is 0 Å². The summed E-state index contributed by atoms with van der Waals surface area (Å²) in [5.41, 5.74) is 0.754. The number of halogens is 2. The average molecular weight is 264 g/mol. The van der Waals surface area contributed by atoms with Crippen molar-refractivity contribution >= 4 is 0 Å². The molecule has 5 rings (SSSR count). The van der Waals surface area contributed by atoms with Crippen molar-refractivity contribution < 1.29 is 13.9 Å². The third-order valence-electron chi connectivity index (χ3n) is 5.67. The summed E-state index contributed by atoms with van der Waals surface area (Å²) in [5.74, 6) is -0.242. The molecule has 3 heteroatoms. The Bertz CT molecular complexity index is 479. The second-order valence-electron chi connectivity index (χ2n) is 6.99. The molecule has 4 aliphatic rings. The van der Waals surface area contributed by atoms with Gasteiger partial charge in [-0.3, -0.25) is 0 Å². The molecule has 0 radical (unpaired) electrons. The van der Waals surface area contributed by atoms with Gasteiger partial charge in [0.05, 0.1) is 0 Å². The Labute approximate surface area is 111 Å². The van der Waals surface area contributed by atoms with E-state index in [4.69, 9.17) is 0 Å². The monoisotopic (exact) mass is 264 g/mol. The molecule has 0 spiro atoms. The minimum atomic E-state index is -0.839. The van der Waals surface area contributed by atoms with E-state index in [2.05, 4.69) is 0 Å². The SMILES string of the molecule is Oc1c(F)cc(C23CC4CC(CC(C4)C2)C3)cc1F. The molecule has 4 bridgehead atoms. The van der Waals surface area contributed by atoms with Crippen LogP contribution in [0.2, 0.25) is 0 Å². The summed E-state index contributed by atoms with van der Waals surface area (Å²) in [6, 6.07) is 2.73. The number of phenols is 1. The highest BCUT2D eigenvalue weighted by Crippen LogP contribution is 2.60. The van der Waals surface area contributed by atoms with Crippen molar-refractivity contribution in [1.29, 1.82) is 0 Å². The first-order valence-corrected chi connectivity index (χ1v) is 7.24. The van der Waals surface area contributed by atoms with Crippen LogP contribution in [0, 0.1) is 29.4 Å². The van der Waals surface area contributed by atoms with Gasteiger partial charge in [0.1, 0.15) is 0 Å². The molecule has 102 valence electrons. The standard InChI is InChI=1S/C16H18F2O/c17-13-4-12(5-14(18)15(13)19)16-6-9-1-10(7-16)3-11(2-9)8-16/h4-5,9-11,19H,1-3,6-8H2. The molecule has 1 nitrogen and oxygen atoms in total. The Balaban J connectivity index is 1.79. The smallest absolute Gasteiger partial charge is 0.187 e. The Hall–Kier alpha value is -1.12. The molecular weight excluding hydrogens is 246 g/mol. The first-order valence-electron chi connectivity index (χ1n) is 7.24. The second-order valence-corrected chi connectivity index (χ2v) is 6.99. The molecule has 4 fully saturated rings. The van der Waals surface area contributed by atoms with Gasteiger partial charge in [0.25, 0.3) is 0 Å². The molecule has 1 aromatic carbocycles. The molecule has 1 aromatic rings. The van der Waals surface area contributed by atoms with Crippen LogP contribution in [0.15, 0.2) is 12.1 Å². The first kappa shape index (κ1) is 11.7. The summed E-state index contributed by atoms with van der Waals surface area (Å²) >= 11 is 0. The van der Waals surface area contributed by atoms with E-state index in [0.29, 0.717) is 0 Å². The van der Waals surface area contributed by atoms with Crippen molar-refractivity contribution in [1.82, 2.24) is 0 Å². The lowest BCUT2D eigenvalue weighted by Crippen LogP contribution is -2.48. The van der Waals surface area contributed by atoms with Crippen LogP contribution in [0.4, 0.5) is 8.78 Å². The van der Waals surface area contributed by atoms with Gasteiger partial charge in [0.2, 0.25) is 0 Å². The highest BCUT2D eigenvalue weighted by Gasteiger charge is 2.51. The van der Waals surface area contributed by atoms with Crippen LogP contribution >= 0.6 is 0 Å². The molecule has 0 saturated heterocycles. The zero-order valence-electron chi connectivity index (χ0n) is 10.8. The maximum absolute atomic E-state index is 13.6. The van der Waals surface area contributed by atoms with E-state index in [1.807, 2.05) is 0 Å².